The number of aromatic nitrogens is 3. The third kappa shape index (κ3) is 1.69. The highest BCUT2D eigenvalue weighted by atomic mass is 127. The first-order valence-corrected chi connectivity index (χ1v) is 4.76. The van der Waals surface area contributed by atoms with E-state index in [1.54, 1.807) is 6.20 Å². The second-order valence-electron chi connectivity index (χ2n) is 2.54. The van der Waals surface area contributed by atoms with Crippen LogP contribution in [0.2, 0.25) is 0 Å². The van der Waals surface area contributed by atoms with Gasteiger partial charge in [-0.25, -0.2) is 0 Å². The predicted molar refractivity (Wildman–Crippen MR) is 55.0 cm³/mol. The van der Waals surface area contributed by atoms with Gasteiger partial charge in [-0.3, -0.25) is 4.98 Å². The summed E-state index contributed by atoms with van der Waals surface area (Å²) in [6, 6.07) is 3.83. The van der Waals surface area contributed by atoms with Crippen molar-refractivity contribution in [1.29, 1.82) is 0 Å². The minimum atomic E-state index is 0.475. The zero-order valence-electron chi connectivity index (χ0n) is 6.86. The van der Waals surface area contributed by atoms with Gasteiger partial charge >= 0.3 is 0 Å². The molecule has 0 spiro atoms. The molecule has 0 aromatic carbocycles. The Labute approximate surface area is 88.5 Å². The topological polar surface area (TPSA) is 51.8 Å². The molecule has 0 aliphatic rings. The summed E-state index contributed by atoms with van der Waals surface area (Å²) in [7, 11) is 0. The monoisotopic (exact) mass is 287 g/mol. The lowest BCUT2D eigenvalue weighted by Gasteiger charge is -1.96. The molecule has 2 rings (SSSR count). The molecule has 0 N–H and O–H groups in total. The molecule has 0 bridgehead atoms. The van der Waals surface area contributed by atoms with Crippen molar-refractivity contribution in [2.45, 2.75) is 6.92 Å². The van der Waals surface area contributed by atoms with E-state index in [0.717, 1.165) is 11.3 Å². The summed E-state index contributed by atoms with van der Waals surface area (Å²) >= 11 is 2.00. The Bertz CT molecular complexity index is 427. The number of rotatable bonds is 1. The molecule has 5 heteroatoms. The van der Waals surface area contributed by atoms with Gasteiger partial charge in [0.25, 0.3) is 5.89 Å². The molecule has 66 valence electrons. The van der Waals surface area contributed by atoms with Crippen molar-refractivity contribution in [1.82, 2.24) is 15.1 Å². The Balaban J connectivity index is 2.52. The molecule has 0 saturated heterocycles. The molecule has 2 heterocycles. The normalized spacial score (nSPS) is 10.3. The van der Waals surface area contributed by atoms with E-state index < -0.39 is 0 Å². The van der Waals surface area contributed by atoms with E-state index in [9.17, 15) is 0 Å². The zero-order valence-corrected chi connectivity index (χ0v) is 9.02. The maximum absolute atomic E-state index is 5.00. The van der Waals surface area contributed by atoms with Crippen LogP contribution in [0.3, 0.4) is 0 Å². The van der Waals surface area contributed by atoms with Crippen LogP contribution in [0.25, 0.3) is 11.6 Å². The number of pyridine rings is 1. The number of halogens is 1. The number of hydrogen-bond donors (Lipinski definition) is 0. The maximum atomic E-state index is 5.00. The first kappa shape index (κ1) is 8.61. The average molecular weight is 287 g/mol. The van der Waals surface area contributed by atoms with E-state index in [0.29, 0.717) is 9.72 Å². The maximum Gasteiger partial charge on any atom is 0.277 e. The van der Waals surface area contributed by atoms with Crippen LogP contribution >= 0.6 is 22.6 Å². The van der Waals surface area contributed by atoms with E-state index in [1.807, 2.05) is 41.6 Å². The molecule has 0 atom stereocenters. The molecule has 0 aliphatic heterocycles. The Morgan fingerprint density at radius 2 is 2.31 bits per heavy atom. The van der Waals surface area contributed by atoms with Gasteiger partial charge in [-0.2, -0.15) is 4.98 Å². The van der Waals surface area contributed by atoms with Crippen LogP contribution in [0.1, 0.15) is 5.56 Å². The van der Waals surface area contributed by atoms with Crippen molar-refractivity contribution in [2.24, 2.45) is 0 Å². The van der Waals surface area contributed by atoms with Crippen molar-refractivity contribution in [3.05, 3.63) is 27.7 Å². The minimum Gasteiger partial charge on any atom is -0.331 e. The van der Waals surface area contributed by atoms with Gasteiger partial charge in [-0.1, -0.05) is 11.2 Å². The molecule has 2 aromatic heterocycles. The van der Waals surface area contributed by atoms with Gasteiger partial charge in [-0.15, -0.1) is 0 Å². The third-order valence-corrected chi connectivity index (χ3v) is 2.05. The second kappa shape index (κ2) is 3.41. The zero-order chi connectivity index (χ0) is 9.26. The van der Waals surface area contributed by atoms with Crippen molar-refractivity contribution >= 4 is 22.6 Å². The number of hydrogen-bond acceptors (Lipinski definition) is 4. The Hall–Kier alpha value is -0.980. The summed E-state index contributed by atoms with van der Waals surface area (Å²) in [5.74, 6) is 0.475. The fraction of sp³-hybridized carbons (Fsp3) is 0.125. The van der Waals surface area contributed by atoms with Gasteiger partial charge in [0.2, 0.25) is 3.83 Å². The van der Waals surface area contributed by atoms with E-state index >= 15 is 0 Å². The Kier molecular flexibility index (Phi) is 2.26. The highest BCUT2D eigenvalue weighted by molar-refractivity contribution is 14.1. The van der Waals surface area contributed by atoms with Crippen LogP contribution in [-0.4, -0.2) is 15.1 Å². The molecule has 0 radical (unpaired) electrons. The van der Waals surface area contributed by atoms with Crippen molar-refractivity contribution in [2.75, 3.05) is 0 Å². The summed E-state index contributed by atoms with van der Waals surface area (Å²) in [6.07, 6.45) is 1.71. The molecule has 2 aromatic rings. The Morgan fingerprint density at radius 1 is 1.46 bits per heavy atom. The molecule has 0 saturated carbocycles. The van der Waals surface area contributed by atoms with Crippen LogP contribution in [0.15, 0.2) is 22.9 Å². The first-order chi connectivity index (χ1) is 6.27. The van der Waals surface area contributed by atoms with Crippen LogP contribution < -0.4 is 0 Å². The SMILES string of the molecule is Cc1cccnc1-c1nc(I)no1. The van der Waals surface area contributed by atoms with Gasteiger partial charge in [0.1, 0.15) is 5.69 Å². The van der Waals surface area contributed by atoms with E-state index in [1.165, 1.54) is 0 Å². The van der Waals surface area contributed by atoms with Crippen molar-refractivity contribution < 1.29 is 4.52 Å². The van der Waals surface area contributed by atoms with Crippen molar-refractivity contribution in [3.8, 4) is 11.6 Å². The second-order valence-corrected chi connectivity index (χ2v) is 3.50. The predicted octanol–water partition coefficient (Wildman–Crippen LogP) is 2.04. The van der Waals surface area contributed by atoms with E-state index in [4.69, 9.17) is 4.52 Å². The summed E-state index contributed by atoms with van der Waals surface area (Å²) < 4.78 is 5.60. The van der Waals surface area contributed by atoms with Crippen molar-refractivity contribution in [3.63, 3.8) is 0 Å². The van der Waals surface area contributed by atoms with Crippen LogP contribution in [0.4, 0.5) is 0 Å². The lowest BCUT2D eigenvalue weighted by Crippen LogP contribution is -1.86. The number of nitrogens with zero attached hydrogens (tertiary/aromatic N) is 3. The van der Waals surface area contributed by atoms with Crippen LogP contribution in [0.5, 0.6) is 0 Å². The molecule has 0 aliphatic carbocycles. The summed E-state index contributed by atoms with van der Waals surface area (Å²) in [5.41, 5.74) is 1.78. The van der Waals surface area contributed by atoms with Gasteiger partial charge in [-0.05, 0) is 18.6 Å². The van der Waals surface area contributed by atoms with Gasteiger partial charge in [0.05, 0.1) is 0 Å². The largest absolute Gasteiger partial charge is 0.331 e. The minimum absolute atomic E-state index is 0.475. The molecule has 0 unspecified atom stereocenters. The number of aryl methyl sites for hydroxylation is 1. The lowest BCUT2D eigenvalue weighted by molar-refractivity contribution is 0.424. The lowest BCUT2D eigenvalue weighted by atomic mass is 10.2. The first-order valence-electron chi connectivity index (χ1n) is 3.68. The third-order valence-electron chi connectivity index (χ3n) is 1.61. The molecule has 4 nitrogen and oxygen atoms in total. The van der Waals surface area contributed by atoms with E-state index in [-0.39, 0.29) is 0 Å². The van der Waals surface area contributed by atoms with Gasteiger partial charge in [0.15, 0.2) is 0 Å². The fourth-order valence-corrected chi connectivity index (χ4v) is 1.33. The van der Waals surface area contributed by atoms with Crippen LogP contribution in [0, 0.1) is 10.8 Å². The average Bonchev–Trinajstić information content (AvgIpc) is 2.53. The molecule has 13 heavy (non-hydrogen) atoms. The molecular weight excluding hydrogens is 281 g/mol. The highest BCUT2D eigenvalue weighted by Crippen LogP contribution is 2.18. The highest BCUT2D eigenvalue weighted by Gasteiger charge is 2.09. The molecule has 0 fully saturated rings. The standard InChI is InChI=1S/C8H6IN3O/c1-5-3-2-4-10-6(5)7-11-8(9)12-13-7/h2-4H,1H3. The van der Waals surface area contributed by atoms with Gasteiger partial charge in [0, 0.05) is 28.8 Å². The fourth-order valence-electron chi connectivity index (χ4n) is 1.01. The smallest absolute Gasteiger partial charge is 0.277 e. The summed E-state index contributed by atoms with van der Waals surface area (Å²) in [5, 5.41) is 3.69. The quantitative estimate of drug-likeness (QED) is 0.753. The molecular formula is C8H6IN3O. The summed E-state index contributed by atoms with van der Waals surface area (Å²) in [4.78, 5) is 8.25. The Morgan fingerprint density at radius 3 is 2.92 bits per heavy atom. The molecule has 0 amide bonds. The van der Waals surface area contributed by atoms with Gasteiger partial charge < -0.3 is 4.52 Å². The summed E-state index contributed by atoms with van der Waals surface area (Å²) in [6.45, 7) is 1.96. The van der Waals surface area contributed by atoms with E-state index in [2.05, 4.69) is 15.1 Å². The van der Waals surface area contributed by atoms with Crippen LogP contribution in [-0.2, 0) is 0 Å².